The van der Waals surface area contributed by atoms with Gasteiger partial charge in [-0.05, 0) is 107 Å². The lowest BCUT2D eigenvalue weighted by atomic mass is 9.72. The number of rotatable bonds is 20. The monoisotopic (exact) mass is 548 g/mol. The highest BCUT2D eigenvalue weighted by Gasteiger charge is 2.26. The molecule has 0 heterocycles. The summed E-state index contributed by atoms with van der Waals surface area (Å²) in [6.07, 6.45) is 38.9. The summed E-state index contributed by atoms with van der Waals surface area (Å²) in [6, 6.07) is 0. The van der Waals surface area contributed by atoms with Gasteiger partial charge in [0.25, 0.3) is 0 Å². The summed E-state index contributed by atoms with van der Waals surface area (Å²) >= 11 is 0. The Kier molecular flexibility index (Phi) is 19.1. The third-order valence-corrected chi connectivity index (χ3v) is 8.10. The minimum atomic E-state index is -0.872. The summed E-state index contributed by atoms with van der Waals surface area (Å²) in [5, 5.41) is 9.28. The van der Waals surface area contributed by atoms with Gasteiger partial charge in [0.05, 0.1) is 0 Å². The molecule has 40 heavy (non-hydrogen) atoms. The predicted molar refractivity (Wildman–Crippen MR) is 177 cm³/mol. The lowest BCUT2D eigenvalue weighted by molar-refractivity contribution is -0.131. The second-order valence-electron chi connectivity index (χ2n) is 12.4. The molecule has 1 aliphatic rings. The minimum absolute atomic E-state index is 0.239. The molecule has 0 spiro atoms. The van der Waals surface area contributed by atoms with Gasteiger partial charge in [-0.1, -0.05) is 119 Å². The third-order valence-electron chi connectivity index (χ3n) is 8.10. The number of carboxylic acids is 1. The summed E-state index contributed by atoms with van der Waals surface area (Å²) in [7, 11) is 0. The number of carboxylic acid groups (broad SMARTS) is 1. The predicted octanol–water partition coefficient (Wildman–Crippen LogP) is 12.2. The first-order valence-electron chi connectivity index (χ1n) is 16.1. The van der Waals surface area contributed by atoms with Crippen LogP contribution in [0.25, 0.3) is 0 Å². The van der Waals surface area contributed by atoms with Crippen molar-refractivity contribution in [1.82, 2.24) is 0 Å². The van der Waals surface area contributed by atoms with E-state index in [0.717, 1.165) is 30.4 Å². The SMILES string of the molecule is CCCCC/C=C\C/C=C\CCCCCCCCC(=CC=C(C)C=CC1=C(C)CCCC1(C)C)C(C)=CC(=O)O. The Morgan fingerprint density at radius 1 is 0.875 bits per heavy atom. The molecule has 0 aliphatic heterocycles. The van der Waals surface area contributed by atoms with E-state index < -0.39 is 5.97 Å². The van der Waals surface area contributed by atoms with Gasteiger partial charge in [-0.3, -0.25) is 0 Å². The Balaban J connectivity index is 2.46. The summed E-state index contributed by atoms with van der Waals surface area (Å²) in [5.41, 5.74) is 6.40. The normalized spacial score (nSPS) is 17.2. The fraction of sp³-hybridized carbons (Fsp3) is 0.605. The van der Waals surface area contributed by atoms with Crippen molar-refractivity contribution in [2.75, 3.05) is 0 Å². The van der Waals surface area contributed by atoms with Crippen molar-refractivity contribution in [3.05, 3.63) is 82.5 Å². The molecule has 0 atom stereocenters. The molecule has 0 unspecified atom stereocenters. The van der Waals surface area contributed by atoms with E-state index in [9.17, 15) is 9.90 Å². The van der Waals surface area contributed by atoms with Gasteiger partial charge in [-0.2, -0.15) is 0 Å². The van der Waals surface area contributed by atoms with E-state index in [1.54, 1.807) is 0 Å². The summed E-state index contributed by atoms with van der Waals surface area (Å²) in [4.78, 5) is 11.3. The maximum Gasteiger partial charge on any atom is 0.328 e. The Morgan fingerprint density at radius 2 is 1.50 bits per heavy atom. The molecule has 0 fully saturated rings. The second-order valence-corrected chi connectivity index (χ2v) is 12.4. The topological polar surface area (TPSA) is 37.3 Å². The molecule has 0 aromatic rings. The van der Waals surface area contributed by atoms with E-state index >= 15 is 0 Å². The Hall–Kier alpha value is -2.35. The van der Waals surface area contributed by atoms with Gasteiger partial charge in [-0.25, -0.2) is 4.79 Å². The molecular weight excluding hydrogens is 488 g/mol. The van der Waals surface area contributed by atoms with Crippen molar-refractivity contribution in [3.8, 4) is 0 Å². The molecule has 0 aromatic carbocycles. The van der Waals surface area contributed by atoms with Crippen molar-refractivity contribution in [1.29, 1.82) is 0 Å². The molecule has 2 nitrogen and oxygen atoms in total. The van der Waals surface area contributed by atoms with Crippen molar-refractivity contribution < 1.29 is 9.90 Å². The van der Waals surface area contributed by atoms with Gasteiger partial charge >= 0.3 is 5.97 Å². The molecular formula is C38H60O2. The number of hydrogen-bond acceptors (Lipinski definition) is 1. The quantitative estimate of drug-likeness (QED) is 0.0711. The molecule has 1 rings (SSSR count). The first kappa shape index (κ1) is 35.7. The van der Waals surface area contributed by atoms with Crippen molar-refractivity contribution >= 4 is 5.97 Å². The smallest absolute Gasteiger partial charge is 0.328 e. The largest absolute Gasteiger partial charge is 0.478 e. The van der Waals surface area contributed by atoms with Crippen LogP contribution in [0.4, 0.5) is 0 Å². The molecule has 224 valence electrons. The maximum atomic E-state index is 11.3. The molecule has 0 aromatic heterocycles. The maximum absolute atomic E-state index is 11.3. The number of carbonyl (C=O) groups is 1. The van der Waals surface area contributed by atoms with Crippen LogP contribution in [-0.4, -0.2) is 11.1 Å². The van der Waals surface area contributed by atoms with Crippen molar-refractivity contribution in [2.45, 2.75) is 144 Å². The van der Waals surface area contributed by atoms with Gasteiger partial charge in [0, 0.05) is 6.08 Å². The van der Waals surface area contributed by atoms with E-state index in [0.29, 0.717) is 0 Å². The van der Waals surface area contributed by atoms with Gasteiger partial charge in [0.1, 0.15) is 0 Å². The first-order chi connectivity index (χ1) is 19.2. The van der Waals surface area contributed by atoms with Gasteiger partial charge in [0.2, 0.25) is 0 Å². The zero-order valence-corrected chi connectivity index (χ0v) is 26.9. The number of unbranched alkanes of at least 4 members (excludes halogenated alkanes) is 9. The Morgan fingerprint density at radius 3 is 2.12 bits per heavy atom. The van der Waals surface area contributed by atoms with Gasteiger partial charge in [-0.15, -0.1) is 0 Å². The number of aliphatic carboxylic acids is 1. The van der Waals surface area contributed by atoms with E-state index in [2.05, 4.69) is 83.2 Å². The van der Waals surface area contributed by atoms with Crippen LogP contribution < -0.4 is 0 Å². The fourth-order valence-corrected chi connectivity index (χ4v) is 5.51. The molecule has 0 saturated heterocycles. The van der Waals surface area contributed by atoms with Crippen LogP contribution >= 0.6 is 0 Å². The molecule has 0 saturated carbocycles. The highest BCUT2D eigenvalue weighted by Crippen LogP contribution is 2.40. The molecule has 1 N–H and O–H groups in total. The second kappa shape index (κ2) is 21.4. The average molecular weight is 549 g/mol. The molecule has 0 amide bonds. The van der Waals surface area contributed by atoms with Gasteiger partial charge < -0.3 is 5.11 Å². The van der Waals surface area contributed by atoms with E-state index in [4.69, 9.17) is 0 Å². The lowest BCUT2D eigenvalue weighted by Crippen LogP contribution is -2.19. The van der Waals surface area contributed by atoms with Crippen LogP contribution in [0.1, 0.15) is 144 Å². The van der Waals surface area contributed by atoms with Crippen LogP contribution in [0, 0.1) is 5.41 Å². The van der Waals surface area contributed by atoms with E-state index in [-0.39, 0.29) is 5.41 Å². The van der Waals surface area contributed by atoms with Crippen molar-refractivity contribution in [2.24, 2.45) is 5.41 Å². The summed E-state index contributed by atoms with van der Waals surface area (Å²) in [5.74, 6) is -0.872. The van der Waals surface area contributed by atoms with Crippen LogP contribution in [0.2, 0.25) is 0 Å². The first-order valence-corrected chi connectivity index (χ1v) is 16.1. The van der Waals surface area contributed by atoms with Crippen LogP contribution in [-0.2, 0) is 4.79 Å². The summed E-state index contributed by atoms with van der Waals surface area (Å²) < 4.78 is 0. The lowest BCUT2D eigenvalue weighted by Gasteiger charge is -2.32. The third kappa shape index (κ3) is 16.7. The average Bonchev–Trinajstić information content (AvgIpc) is 2.89. The van der Waals surface area contributed by atoms with Crippen LogP contribution in [0.15, 0.2) is 82.5 Å². The zero-order chi connectivity index (χ0) is 29.6. The van der Waals surface area contributed by atoms with E-state index in [1.165, 1.54) is 106 Å². The Labute approximate surface area is 247 Å². The van der Waals surface area contributed by atoms with E-state index in [1.807, 2.05) is 6.92 Å². The minimum Gasteiger partial charge on any atom is -0.478 e. The molecule has 0 radical (unpaired) electrons. The fourth-order valence-electron chi connectivity index (χ4n) is 5.51. The molecule has 2 heteroatoms. The molecule has 0 bridgehead atoms. The van der Waals surface area contributed by atoms with Crippen molar-refractivity contribution in [3.63, 3.8) is 0 Å². The highest BCUT2D eigenvalue weighted by atomic mass is 16.4. The standard InChI is InChI=1S/C38H60O2/c1-7-8-9-10-11-12-13-14-15-16-17-18-19-20-21-22-25-35(34(4)31-37(39)40)28-26-32(2)27-29-36-33(3)24-23-30-38(36,5)6/h11-12,14-15,26-29,31H,7-10,13,16-25,30H2,1-6H3,(H,39,40)/b12-11-,15-14-,29-27?,32-26?,34-31?,35-28?. The summed E-state index contributed by atoms with van der Waals surface area (Å²) in [6.45, 7) is 13.3. The van der Waals surface area contributed by atoms with Crippen LogP contribution in [0.3, 0.4) is 0 Å². The zero-order valence-electron chi connectivity index (χ0n) is 26.9. The Bertz CT molecular complexity index is 946. The number of hydrogen-bond donors (Lipinski definition) is 1. The molecule has 1 aliphatic carbocycles. The van der Waals surface area contributed by atoms with Gasteiger partial charge in [0.15, 0.2) is 0 Å². The van der Waals surface area contributed by atoms with Crippen LogP contribution in [0.5, 0.6) is 0 Å². The number of allylic oxidation sites excluding steroid dienone is 13. The highest BCUT2D eigenvalue weighted by molar-refractivity contribution is 5.81.